The van der Waals surface area contributed by atoms with E-state index in [1.54, 1.807) is 0 Å². The number of rotatable bonds is 6. The Balaban J connectivity index is 2.26. The number of nitrogens with zero attached hydrogens (tertiary/aromatic N) is 3. The summed E-state index contributed by atoms with van der Waals surface area (Å²) in [6.07, 6.45) is 5.24. The molecule has 8 heteroatoms. The Labute approximate surface area is 123 Å². The quantitative estimate of drug-likeness (QED) is 0.541. The van der Waals surface area contributed by atoms with Gasteiger partial charge in [0.15, 0.2) is 0 Å². The van der Waals surface area contributed by atoms with Crippen molar-refractivity contribution in [3.05, 3.63) is 16.4 Å². The van der Waals surface area contributed by atoms with Crippen LogP contribution in [0.5, 0.6) is 0 Å². The summed E-state index contributed by atoms with van der Waals surface area (Å²) in [6.45, 7) is 2.47. The summed E-state index contributed by atoms with van der Waals surface area (Å²) < 4.78 is 0. The van der Waals surface area contributed by atoms with Crippen molar-refractivity contribution in [1.29, 1.82) is 0 Å². The maximum Gasteiger partial charge on any atom is 0.353 e. The van der Waals surface area contributed by atoms with Crippen LogP contribution in [0.4, 0.5) is 17.3 Å². The summed E-state index contributed by atoms with van der Waals surface area (Å²) >= 11 is 0. The minimum atomic E-state index is -0.475. The lowest BCUT2D eigenvalue weighted by Crippen LogP contribution is -2.35. The van der Waals surface area contributed by atoms with Crippen molar-refractivity contribution in [1.82, 2.24) is 9.97 Å². The standard InChI is InChI=1S/C13H21N5O3/c1-2-14-12-11(18(20)21)13(16-8-15-12)17-10-6-4-3-5-9(10)7-19/h8-10,19H,2-7H2,1H3,(H2,14,15,16,17). The summed E-state index contributed by atoms with van der Waals surface area (Å²) in [7, 11) is 0. The first-order valence-corrected chi connectivity index (χ1v) is 7.28. The minimum absolute atomic E-state index is 0.00632. The third kappa shape index (κ3) is 3.57. The highest BCUT2D eigenvalue weighted by atomic mass is 16.6. The maximum absolute atomic E-state index is 11.3. The second-order valence-electron chi connectivity index (χ2n) is 5.18. The molecule has 1 aliphatic carbocycles. The van der Waals surface area contributed by atoms with Gasteiger partial charge in [-0.2, -0.15) is 0 Å². The lowest BCUT2D eigenvalue weighted by atomic mass is 9.85. The fraction of sp³-hybridized carbons (Fsp3) is 0.692. The fourth-order valence-corrected chi connectivity index (χ4v) is 2.75. The van der Waals surface area contributed by atoms with E-state index in [0.29, 0.717) is 6.54 Å². The summed E-state index contributed by atoms with van der Waals surface area (Å²) in [6, 6.07) is 0.00632. The zero-order valence-corrected chi connectivity index (χ0v) is 12.1. The smallest absolute Gasteiger partial charge is 0.353 e. The number of aromatic nitrogens is 2. The van der Waals surface area contributed by atoms with Gasteiger partial charge in [-0.15, -0.1) is 0 Å². The van der Waals surface area contributed by atoms with Gasteiger partial charge in [-0.1, -0.05) is 12.8 Å². The monoisotopic (exact) mass is 295 g/mol. The third-order valence-electron chi connectivity index (χ3n) is 3.81. The van der Waals surface area contributed by atoms with Crippen LogP contribution in [0.15, 0.2) is 6.33 Å². The average molecular weight is 295 g/mol. The Bertz CT molecular complexity index is 497. The first-order valence-electron chi connectivity index (χ1n) is 7.28. The van der Waals surface area contributed by atoms with Gasteiger partial charge in [0, 0.05) is 25.1 Å². The third-order valence-corrected chi connectivity index (χ3v) is 3.81. The van der Waals surface area contributed by atoms with Crippen molar-refractivity contribution in [2.24, 2.45) is 5.92 Å². The van der Waals surface area contributed by atoms with E-state index in [2.05, 4.69) is 20.6 Å². The number of aliphatic hydroxyl groups excluding tert-OH is 1. The molecule has 0 amide bonds. The number of nitrogens with one attached hydrogen (secondary N) is 2. The molecule has 8 nitrogen and oxygen atoms in total. The normalized spacial score (nSPS) is 21.8. The first kappa shape index (κ1) is 15.4. The van der Waals surface area contributed by atoms with Crippen LogP contribution in [0.2, 0.25) is 0 Å². The van der Waals surface area contributed by atoms with Crippen molar-refractivity contribution in [2.75, 3.05) is 23.8 Å². The van der Waals surface area contributed by atoms with Crippen LogP contribution in [0.1, 0.15) is 32.6 Å². The van der Waals surface area contributed by atoms with Crippen LogP contribution in [-0.2, 0) is 0 Å². The Morgan fingerprint density at radius 3 is 2.76 bits per heavy atom. The number of aliphatic hydroxyl groups is 1. The molecule has 0 aromatic carbocycles. The minimum Gasteiger partial charge on any atom is -0.396 e. The van der Waals surface area contributed by atoms with E-state index in [-0.39, 0.29) is 35.9 Å². The molecular weight excluding hydrogens is 274 g/mol. The molecule has 0 bridgehead atoms. The molecule has 2 unspecified atom stereocenters. The van der Waals surface area contributed by atoms with Gasteiger partial charge in [0.05, 0.1) is 4.92 Å². The van der Waals surface area contributed by atoms with E-state index in [0.717, 1.165) is 25.7 Å². The predicted octanol–water partition coefficient (Wildman–Crippen LogP) is 1.78. The summed E-state index contributed by atoms with van der Waals surface area (Å²) in [4.78, 5) is 18.8. The highest BCUT2D eigenvalue weighted by Gasteiger charge is 2.29. The number of nitro groups is 1. The topological polar surface area (TPSA) is 113 Å². The number of hydrogen-bond donors (Lipinski definition) is 3. The summed E-state index contributed by atoms with van der Waals surface area (Å²) in [5.74, 6) is 0.545. The van der Waals surface area contributed by atoms with Gasteiger partial charge < -0.3 is 15.7 Å². The number of anilines is 2. The maximum atomic E-state index is 11.3. The Morgan fingerprint density at radius 1 is 1.38 bits per heavy atom. The first-order chi connectivity index (χ1) is 10.2. The molecule has 3 N–H and O–H groups in total. The molecule has 0 aliphatic heterocycles. The molecule has 2 atom stereocenters. The molecule has 1 aromatic rings. The fourth-order valence-electron chi connectivity index (χ4n) is 2.75. The van der Waals surface area contributed by atoms with Gasteiger partial charge in [0.2, 0.25) is 11.6 Å². The molecule has 116 valence electrons. The van der Waals surface area contributed by atoms with Gasteiger partial charge in [0.25, 0.3) is 0 Å². The second-order valence-corrected chi connectivity index (χ2v) is 5.18. The van der Waals surface area contributed by atoms with Crippen molar-refractivity contribution < 1.29 is 10.0 Å². The Kier molecular flexibility index (Phi) is 5.26. The molecule has 1 aromatic heterocycles. The molecule has 0 saturated heterocycles. The van der Waals surface area contributed by atoms with E-state index >= 15 is 0 Å². The van der Waals surface area contributed by atoms with E-state index in [1.807, 2.05) is 6.92 Å². The van der Waals surface area contributed by atoms with Gasteiger partial charge in [-0.05, 0) is 19.8 Å². The van der Waals surface area contributed by atoms with Crippen LogP contribution in [0.3, 0.4) is 0 Å². The molecular formula is C13H21N5O3. The van der Waals surface area contributed by atoms with Gasteiger partial charge >= 0.3 is 5.69 Å². The van der Waals surface area contributed by atoms with E-state index in [1.165, 1.54) is 6.33 Å². The van der Waals surface area contributed by atoms with E-state index in [9.17, 15) is 15.2 Å². The van der Waals surface area contributed by atoms with Gasteiger partial charge in [0.1, 0.15) is 6.33 Å². The van der Waals surface area contributed by atoms with Crippen LogP contribution in [0, 0.1) is 16.0 Å². The summed E-state index contributed by atoms with van der Waals surface area (Å²) in [5, 5.41) is 26.8. The zero-order chi connectivity index (χ0) is 15.2. The van der Waals surface area contributed by atoms with Crippen LogP contribution >= 0.6 is 0 Å². The molecule has 0 spiro atoms. The average Bonchev–Trinajstić information content (AvgIpc) is 2.48. The van der Waals surface area contributed by atoms with E-state index < -0.39 is 4.92 Å². The van der Waals surface area contributed by atoms with Crippen LogP contribution < -0.4 is 10.6 Å². The largest absolute Gasteiger partial charge is 0.396 e. The molecule has 1 saturated carbocycles. The molecule has 1 aliphatic rings. The van der Waals surface area contributed by atoms with Crippen LogP contribution in [0.25, 0.3) is 0 Å². The van der Waals surface area contributed by atoms with Crippen molar-refractivity contribution in [3.8, 4) is 0 Å². The van der Waals surface area contributed by atoms with Crippen LogP contribution in [-0.4, -0.2) is 39.2 Å². The highest BCUT2D eigenvalue weighted by molar-refractivity contribution is 5.69. The molecule has 0 radical (unpaired) electrons. The second kappa shape index (κ2) is 7.16. The molecule has 1 fully saturated rings. The lowest BCUT2D eigenvalue weighted by molar-refractivity contribution is -0.383. The molecule has 2 rings (SSSR count). The molecule has 1 heterocycles. The number of hydrogen-bond acceptors (Lipinski definition) is 7. The van der Waals surface area contributed by atoms with Gasteiger partial charge in [-0.3, -0.25) is 10.1 Å². The zero-order valence-electron chi connectivity index (χ0n) is 12.1. The predicted molar refractivity (Wildman–Crippen MR) is 79.3 cm³/mol. The molecule has 21 heavy (non-hydrogen) atoms. The summed E-state index contributed by atoms with van der Waals surface area (Å²) in [5.41, 5.74) is -0.137. The van der Waals surface area contributed by atoms with Crippen molar-refractivity contribution in [2.45, 2.75) is 38.6 Å². The van der Waals surface area contributed by atoms with Gasteiger partial charge in [-0.25, -0.2) is 9.97 Å². The highest BCUT2D eigenvalue weighted by Crippen LogP contribution is 2.32. The van der Waals surface area contributed by atoms with Crippen molar-refractivity contribution in [3.63, 3.8) is 0 Å². The lowest BCUT2D eigenvalue weighted by Gasteiger charge is -2.31. The van der Waals surface area contributed by atoms with E-state index in [4.69, 9.17) is 0 Å². The Morgan fingerprint density at radius 2 is 2.10 bits per heavy atom. The Hall–Kier alpha value is -1.96. The van der Waals surface area contributed by atoms with Crippen molar-refractivity contribution >= 4 is 17.3 Å². The SMILES string of the molecule is CCNc1ncnc(NC2CCCCC2CO)c1[N+](=O)[O-].